The number of aliphatic imine (C=N–C) groups is 3. The number of unbranched alkanes of at least 4 members (excludes halogenated alkanes) is 1. The maximum absolute atomic E-state index is 14.0. The van der Waals surface area contributed by atoms with Gasteiger partial charge in [-0.15, -0.1) is 0 Å². The second-order valence-electron chi connectivity index (χ2n) is 12.6. The van der Waals surface area contributed by atoms with E-state index in [0.717, 1.165) is 5.56 Å². The van der Waals surface area contributed by atoms with Gasteiger partial charge in [-0.05, 0) is 69.9 Å². The number of nitrogens with zero attached hydrogens (tertiary/aromatic N) is 3. The summed E-state index contributed by atoms with van der Waals surface area (Å²) in [5, 5.41) is 13.8. The summed E-state index contributed by atoms with van der Waals surface area (Å²) in [4.78, 5) is 81.3. The van der Waals surface area contributed by atoms with Crippen molar-refractivity contribution in [2.24, 2.45) is 55.1 Å². The molecule has 1 saturated heterocycles. The van der Waals surface area contributed by atoms with E-state index < -0.39 is 59.7 Å². The third kappa shape index (κ3) is 17.4. The van der Waals surface area contributed by atoms with Gasteiger partial charge in [0, 0.05) is 26.1 Å². The Morgan fingerprint density at radius 2 is 0.792 bits per heavy atom. The first-order chi connectivity index (χ1) is 25.3. The summed E-state index contributed by atoms with van der Waals surface area (Å²) in [7, 11) is 0. The van der Waals surface area contributed by atoms with E-state index >= 15 is 0 Å². The van der Waals surface area contributed by atoms with Gasteiger partial charge in [0.05, 0.1) is 0 Å². The summed E-state index contributed by atoms with van der Waals surface area (Å²) in [6.45, 7) is 0.853. The molecule has 1 aliphatic heterocycles. The minimum absolute atomic E-state index is 0.0601. The van der Waals surface area contributed by atoms with E-state index in [2.05, 4.69) is 41.6 Å². The lowest BCUT2D eigenvalue weighted by molar-refractivity contribution is -0.134. The number of nitrogens with two attached hydrogens (primary N) is 7. The Morgan fingerprint density at radius 1 is 0.472 bits per heavy atom. The smallest absolute Gasteiger partial charge is 0.243 e. The van der Waals surface area contributed by atoms with Crippen LogP contribution in [0.3, 0.4) is 0 Å². The third-order valence-corrected chi connectivity index (χ3v) is 8.23. The zero-order valence-electron chi connectivity index (χ0n) is 30.1. The van der Waals surface area contributed by atoms with Gasteiger partial charge >= 0.3 is 0 Å². The summed E-state index contributed by atoms with van der Waals surface area (Å²) in [5.41, 5.74) is 39.2. The summed E-state index contributed by atoms with van der Waals surface area (Å²) < 4.78 is 0. The van der Waals surface area contributed by atoms with Crippen molar-refractivity contribution in [3.05, 3.63) is 35.9 Å². The normalized spacial score (nSPS) is 21.3. The van der Waals surface area contributed by atoms with Crippen LogP contribution in [0.2, 0.25) is 0 Å². The molecule has 2 rings (SSSR count). The lowest BCUT2D eigenvalue weighted by Crippen LogP contribution is -2.58. The maximum Gasteiger partial charge on any atom is 0.243 e. The van der Waals surface area contributed by atoms with Crippen molar-refractivity contribution in [1.29, 1.82) is 0 Å². The van der Waals surface area contributed by atoms with Crippen molar-refractivity contribution in [3.8, 4) is 0 Å². The molecule has 20 heteroatoms. The molecule has 0 aromatic heterocycles. The molecule has 0 spiro atoms. The quantitative estimate of drug-likeness (QED) is 0.0388. The van der Waals surface area contributed by atoms with Crippen molar-refractivity contribution in [3.63, 3.8) is 0 Å². The Balaban J connectivity index is 2.61. The summed E-state index contributed by atoms with van der Waals surface area (Å²) in [6.07, 6.45) is 2.43. The van der Waals surface area contributed by atoms with Crippen molar-refractivity contribution >= 4 is 47.4 Å². The maximum atomic E-state index is 14.0. The first-order valence-corrected chi connectivity index (χ1v) is 17.7. The predicted octanol–water partition coefficient (Wildman–Crippen LogP) is -4.04. The fourth-order valence-corrected chi connectivity index (χ4v) is 5.50. The van der Waals surface area contributed by atoms with Crippen molar-refractivity contribution in [2.45, 2.75) is 94.4 Å². The number of benzene rings is 1. The van der Waals surface area contributed by atoms with E-state index in [9.17, 15) is 24.0 Å². The van der Waals surface area contributed by atoms with Crippen molar-refractivity contribution in [1.82, 2.24) is 26.6 Å². The minimum atomic E-state index is -1.17. The van der Waals surface area contributed by atoms with Crippen LogP contribution in [0.5, 0.6) is 0 Å². The van der Waals surface area contributed by atoms with E-state index in [0.29, 0.717) is 25.8 Å². The van der Waals surface area contributed by atoms with Crippen LogP contribution >= 0.6 is 0 Å². The van der Waals surface area contributed by atoms with Gasteiger partial charge in [-0.2, -0.15) is 0 Å². The molecule has 5 atom stereocenters. The number of carbonyl (C=O) groups excluding carboxylic acids is 5. The molecule has 0 aliphatic carbocycles. The number of nitrogens with one attached hydrogen (secondary N) is 5. The van der Waals surface area contributed by atoms with Gasteiger partial charge < -0.3 is 66.7 Å². The molecule has 0 saturated carbocycles. The first-order valence-electron chi connectivity index (χ1n) is 17.7. The molecule has 0 unspecified atom stereocenters. The monoisotopic (exact) mass is 743 g/mol. The second kappa shape index (κ2) is 23.7. The highest BCUT2D eigenvalue weighted by Gasteiger charge is 2.34. The Labute approximate surface area is 309 Å². The SMILES string of the molecule is NCCCC[C@@H]1NC(=O)[C@H](CCCN=C(N)N)NC(=O)[C@H](Cc2ccccc2)NC(=O)[C@H](CCCN=C(N)N)NC(=O)[C@H](CCCN=C(N)N)NC1=O. The van der Waals surface area contributed by atoms with Crippen LogP contribution in [0.15, 0.2) is 45.3 Å². The number of hydrogen-bond acceptors (Lipinski definition) is 9. The molecule has 0 radical (unpaired) electrons. The number of guanidine groups is 3. The molecule has 1 aromatic carbocycles. The van der Waals surface area contributed by atoms with Crippen LogP contribution < -0.4 is 66.7 Å². The van der Waals surface area contributed by atoms with Gasteiger partial charge in [0.15, 0.2) is 17.9 Å². The zero-order chi connectivity index (χ0) is 39.2. The van der Waals surface area contributed by atoms with Crippen LogP contribution in [-0.2, 0) is 30.4 Å². The summed E-state index contributed by atoms with van der Waals surface area (Å²) in [5.74, 6) is -3.71. The van der Waals surface area contributed by atoms with E-state index in [-0.39, 0.29) is 82.5 Å². The Kier molecular flexibility index (Phi) is 19.5. The summed E-state index contributed by atoms with van der Waals surface area (Å²) >= 11 is 0. The molecule has 294 valence electrons. The van der Waals surface area contributed by atoms with Crippen molar-refractivity contribution < 1.29 is 24.0 Å². The van der Waals surface area contributed by atoms with Crippen LogP contribution in [0.1, 0.15) is 63.4 Å². The Bertz CT molecular complexity index is 1430. The molecule has 1 aliphatic rings. The summed E-state index contributed by atoms with van der Waals surface area (Å²) in [6, 6.07) is 3.23. The fraction of sp³-hybridized carbons (Fsp3) is 0.576. The topological polar surface area (TPSA) is 365 Å². The molecule has 1 aromatic rings. The lowest BCUT2D eigenvalue weighted by atomic mass is 10.0. The van der Waals surface area contributed by atoms with E-state index in [1.807, 2.05) is 6.07 Å². The number of hydrogen-bond donors (Lipinski definition) is 12. The van der Waals surface area contributed by atoms with Gasteiger partial charge in [-0.25, -0.2) is 0 Å². The van der Waals surface area contributed by atoms with Crippen molar-refractivity contribution in [2.75, 3.05) is 26.2 Å². The predicted molar refractivity (Wildman–Crippen MR) is 202 cm³/mol. The van der Waals surface area contributed by atoms with Crippen LogP contribution in [0.25, 0.3) is 0 Å². The highest BCUT2D eigenvalue weighted by molar-refractivity contribution is 5.98. The molecule has 19 N–H and O–H groups in total. The molecule has 5 amide bonds. The van der Waals surface area contributed by atoms with Gasteiger partial charge in [0.25, 0.3) is 0 Å². The van der Waals surface area contributed by atoms with E-state index in [1.54, 1.807) is 24.3 Å². The standard InChI is InChI=1S/C33H57N15O5/c34-15-5-4-11-21-26(49)45-22(12-6-16-41-31(35)36)27(50)46-24(14-8-18-43-33(39)40)29(52)48-25(19-20-9-2-1-3-10-20)30(53)47-23(28(51)44-21)13-7-17-42-32(37)38/h1-3,9-10,21-25H,4-8,11-19,34H2,(H,44,51)(H,45,49)(H,46,50)(H,47,53)(H,48,52)(H4,35,36,41)(H4,37,38,42)(H4,39,40,43)/t21-,22-,23-,24-,25-/m0/s1. The average molecular weight is 744 g/mol. The molecule has 0 bridgehead atoms. The third-order valence-electron chi connectivity index (χ3n) is 8.23. The highest BCUT2D eigenvalue weighted by Crippen LogP contribution is 2.11. The Morgan fingerprint density at radius 3 is 1.13 bits per heavy atom. The van der Waals surface area contributed by atoms with Gasteiger partial charge in [0.2, 0.25) is 29.5 Å². The Hall–Kier alpha value is -5.66. The molecule has 20 nitrogen and oxygen atoms in total. The van der Waals surface area contributed by atoms with Gasteiger partial charge in [-0.1, -0.05) is 30.3 Å². The molecule has 53 heavy (non-hydrogen) atoms. The molecule has 1 heterocycles. The largest absolute Gasteiger partial charge is 0.370 e. The second-order valence-corrected chi connectivity index (χ2v) is 12.6. The average Bonchev–Trinajstić information content (AvgIpc) is 3.10. The number of carbonyl (C=O) groups is 5. The molecular formula is C33H57N15O5. The zero-order valence-corrected chi connectivity index (χ0v) is 30.1. The number of rotatable bonds is 18. The first kappa shape index (κ1) is 43.5. The fourth-order valence-electron chi connectivity index (χ4n) is 5.50. The lowest BCUT2D eigenvalue weighted by Gasteiger charge is -2.26. The van der Waals surface area contributed by atoms with Crippen LogP contribution in [0, 0.1) is 0 Å². The minimum Gasteiger partial charge on any atom is -0.370 e. The van der Waals surface area contributed by atoms with Crippen LogP contribution in [-0.4, -0.2) is 104 Å². The highest BCUT2D eigenvalue weighted by atomic mass is 16.2. The van der Waals surface area contributed by atoms with E-state index in [1.165, 1.54) is 0 Å². The van der Waals surface area contributed by atoms with Crippen LogP contribution in [0.4, 0.5) is 0 Å². The van der Waals surface area contributed by atoms with E-state index in [4.69, 9.17) is 40.1 Å². The van der Waals surface area contributed by atoms with Gasteiger partial charge in [-0.3, -0.25) is 38.9 Å². The molecular weight excluding hydrogens is 686 g/mol. The molecule has 1 fully saturated rings. The number of amides is 5. The van der Waals surface area contributed by atoms with Gasteiger partial charge in [0.1, 0.15) is 30.2 Å².